The molecule has 2 aromatic rings. The smallest absolute Gasteiger partial charge is 0.243 e. The van der Waals surface area contributed by atoms with E-state index < -0.39 is 15.9 Å². The van der Waals surface area contributed by atoms with Crippen LogP contribution in [0.4, 0.5) is 11.4 Å². The largest absolute Gasteiger partial charge is 0.326 e. The van der Waals surface area contributed by atoms with Crippen molar-refractivity contribution < 1.29 is 18.0 Å². The summed E-state index contributed by atoms with van der Waals surface area (Å²) in [5, 5.41) is 5.34. The van der Waals surface area contributed by atoms with Gasteiger partial charge in [-0.3, -0.25) is 9.59 Å². The molecule has 0 aliphatic carbocycles. The lowest BCUT2D eigenvalue weighted by Crippen LogP contribution is -2.35. The summed E-state index contributed by atoms with van der Waals surface area (Å²) in [4.78, 5) is 23.4. The summed E-state index contributed by atoms with van der Waals surface area (Å²) in [6.07, 6.45) is 0. The Morgan fingerprint density at radius 1 is 0.963 bits per heavy atom. The SMILES string of the molecule is CC(=O)Nc1ccc(S(=O)(=O)N(C)CC(=O)Nc2c(C)cccc2C)cc1. The van der Waals surface area contributed by atoms with Crippen LogP contribution in [0.5, 0.6) is 0 Å². The molecule has 27 heavy (non-hydrogen) atoms. The fourth-order valence-corrected chi connectivity index (χ4v) is 3.70. The van der Waals surface area contributed by atoms with Gasteiger partial charge in [-0.2, -0.15) is 4.31 Å². The molecule has 2 amide bonds. The first kappa shape index (κ1) is 20.6. The van der Waals surface area contributed by atoms with Gasteiger partial charge in [-0.05, 0) is 49.2 Å². The van der Waals surface area contributed by atoms with E-state index in [-0.39, 0.29) is 17.3 Å². The molecule has 0 atom stereocenters. The van der Waals surface area contributed by atoms with Gasteiger partial charge in [0.15, 0.2) is 0 Å². The van der Waals surface area contributed by atoms with Gasteiger partial charge in [0, 0.05) is 25.3 Å². The number of hydrogen-bond acceptors (Lipinski definition) is 4. The van der Waals surface area contributed by atoms with E-state index in [1.165, 1.54) is 38.2 Å². The number of carbonyl (C=O) groups excluding carboxylic acids is 2. The summed E-state index contributed by atoms with van der Waals surface area (Å²) >= 11 is 0. The van der Waals surface area contributed by atoms with Gasteiger partial charge in [-0.25, -0.2) is 8.42 Å². The van der Waals surface area contributed by atoms with E-state index in [1.54, 1.807) is 0 Å². The molecule has 2 N–H and O–H groups in total. The predicted octanol–water partition coefficient (Wildman–Crippen LogP) is 2.52. The maximum absolute atomic E-state index is 12.6. The van der Waals surface area contributed by atoms with Gasteiger partial charge < -0.3 is 10.6 Å². The van der Waals surface area contributed by atoms with Crippen molar-refractivity contribution in [3.63, 3.8) is 0 Å². The lowest BCUT2D eigenvalue weighted by Gasteiger charge is -2.18. The molecular weight excluding hydrogens is 366 g/mol. The van der Waals surface area contributed by atoms with Gasteiger partial charge in [0.25, 0.3) is 0 Å². The van der Waals surface area contributed by atoms with Crippen molar-refractivity contribution in [1.82, 2.24) is 4.31 Å². The normalized spacial score (nSPS) is 11.3. The Hall–Kier alpha value is -2.71. The monoisotopic (exact) mass is 389 g/mol. The molecule has 0 saturated carbocycles. The number of benzene rings is 2. The number of nitrogens with zero attached hydrogens (tertiary/aromatic N) is 1. The number of anilines is 2. The Bertz CT molecular complexity index is 933. The predicted molar refractivity (Wildman–Crippen MR) is 105 cm³/mol. The van der Waals surface area contributed by atoms with Crippen LogP contribution in [0, 0.1) is 13.8 Å². The molecule has 0 spiro atoms. The lowest BCUT2D eigenvalue weighted by atomic mass is 10.1. The molecule has 8 heteroatoms. The van der Waals surface area contributed by atoms with E-state index in [2.05, 4.69) is 10.6 Å². The van der Waals surface area contributed by atoms with Crippen molar-refractivity contribution in [3.05, 3.63) is 53.6 Å². The third-order valence-electron chi connectivity index (χ3n) is 3.99. The van der Waals surface area contributed by atoms with Gasteiger partial charge in [0.05, 0.1) is 11.4 Å². The van der Waals surface area contributed by atoms with Gasteiger partial charge in [-0.15, -0.1) is 0 Å². The Balaban J connectivity index is 2.10. The van der Waals surface area contributed by atoms with Gasteiger partial charge in [0.1, 0.15) is 0 Å². The standard InChI is InChI=1S/C19H23N3O4S/c1-13-6-5-7-14(2)19(13)21-18(24)12-22(4)27(25,26)17-10-8-16(9-11-17)20-15(3)23/h5-11H,12H2,1-4H3,(H,20,23)(H,21,24). The maximum Gasteiger partial charge on any atom is 0.243 e. The quantitative estimate of drug-likeness (QED) is 0.794. The molecule has 144 valence electrons. The number of carbonyl (C=O) groups is 2. The highest BCUT2D eigenvalue weighted by Gasteiger charge is 2.23. The molecule has 7 nitrogen and oxygen atoms in total. The third-order valence-corrected chi connectivity index (χ3v) is 5.81. The molecule has 0 radical (unpaired) electrons. The number of nitrogens with one attached hydrogen (secondary N) is 2. The van der Waals surface area contributed by atoms with E-state index in [1.807, 2.05) is 32.0 Å². The number of para-hydroxylation sites is 1. The van der Waals surface area contributed by atoms with Gasteiger partial charge in [-0.1, -0.05) is 18.2 Å². The van der Waals surface area contributed by atoms with Crippen molar-refractivity contribution in [3.8, 4) is 0 Å². The summed E-state index contributed by atoms with van der Waals surface area (Å²) in [5.41, 5.74) is 3.00. The molecular formula is C19H23N3O4S. The minimum absolute atomic E-state index is 0.0407. The summed E-state index contributed by atoms with van der Waals surface area (Å²) in [6.45, 7) is 4.80. The zero-order chi connectivity index (χ0) is 20.2. The van der Waals surface area contributed by atoms with Crippen LogP contribution in [0.15, 0.2) is 47.4 Å². The van der Waals surface area contributed by atoms with Crippen LogP contribution in [0.3, 0.4) is 0 Å². The number of likely N-dealkylation sites (N-methyl/N-ethyl adjacent to an activating group) is 1. The van der Waals surface area contributed by atoms with Gasteiger partial charge in [0.2, 0.25) is 21.8 Å². The molecule has 0 unspecified atom stereocenters. The Labute approximate surface area is 159 Å². The van der Waals surface area contributed by atoms with Crippen LogP contribution in [-0.4, -0.2) is 38.1 Å². The molecule has 0 saturated heterocycles. The molecule has 0 fully saturated rings. The first-order chi connectivity index (χ1) is 12.6. The van der Waals surface area contributed by atoms with E-state index >= 15 is 0 Å². The average Bonchev–Trinajstić information content (AvgIpc) is 2.58. The fourth-order valence-electron chi connectivity index (χ4n) is 2.57. The molecule has 0 aromatic heterocycles. The van der Waals surface area contributed by atoms with E-state index in [0.717, 1.165) is 15.4 Å². The summed E-state index contributed by atoms with van der Waals surface area (Å²) < 4.78 is 26.3. The molecule has 0 bridgehead atoms. The van der Waals surface area contributed by atoms with E-state index in [0.29, 0.717) is 11.4 Å². The maximum atomic E-state index is 12.6. The highest BCUT2D eigenvalue weighted by Crippen LogP contribution is 2.20. The van der Waals surface area contributed by atoms with Crippen LogP contribution >= 0.6 is 0 Å². The second kappa shape index (κ2) is 8.32. The van der Waals surface area contributed by atoms with Crippen LogP contribution < -0.4 is 10.6 Å². The fraction of sp³-hybridized carbons (Fsp3) is 0.263. The summed E-state index contributed by atoms with van der Waals surface area (Å²) in [6, 6.07) is 11.4. The highest BCUT2D eigenvalue weighted by atomic mass is 32.2. The van der Waals surface area contributed by atoms with Crippen LogP contribution in [-0.2, 0) is 19.6 Å². The van der Waals surface area contributed by atoms with E-state index in [9.17, 15) is 18.0 Å². The second-order valence-electron chi connectivity index (χ2n) is 6.28. The zero-order valence-electron chi connectivity index (χ0n) is 15.7. The zero-order valence-corrected chi connectivity index (χ0v) is 16.6. The Morgan fingerprint density at radius 2 is 1.52 bits per heavy atom. The number of hydrogen-bond donors (Lipinski definition) is 2. The topological polar surface area (TPSA) is 95.6 Å². The number of rotatable bonds is 6. The van der Waals surface area contributed by atoms with Crippen LogP contribution in [0.2, 0.25) is 0 Å². The minimum Gasteiger partial charge on any atom is -0.326 e. The first-order valence-corrected chi connectivity index (χ1v) is 9.75. The number of aryl methyl sites for hydroxylation is 2. The number of amides is 2. The average molecular weight is 389 g/mol. The van der Waals surface area contributed by atoms with Crippen molar-refractivity contribution in [2.24, 2.45) is 0 Å². The highest BCUT2D eigenvalue weighted by molar-refractivity contribution is 7.89. The molecule has 0 aliphatic rings. The van der Waals surface area contributed by atoms with Crippen molar-refractivity contribution >= 4 is 33.2 Å². The molecule has 0 heterocycles. The first-order valence-electron chi connectivity index (χ1n) is 8.31. The Morgan fingerprint density at radius 3 is 2.04 bits per heavy atom. The van der Waals surface area contributed by atoms with Crippen molar-refractivity contribution in [2.45, 2.75) is 25.7 Å². The summed E-state index contributed by atoms with van der Waals surface area (Å²) in [5.74, 6) is -0.667. The number of sulfonamides is 1. The van der Waals surface area contributed by atoms with Crippen molar-refractivity contribution in [2.75, 3.05) is 24.2 Å². The minimum atomic E-state index is -3.83. The second-order valence-corrected chi connectivity index (χ2v) is 8.33. The lowest BCUT2D eigenvalue weighted by molar-refractivity contribution is -0.116. The Kier molecular flexibility index (Phi) is 6.35. The van der Waals surface area contributed by atoms with E-state index in [4.69, 9.17) is 0 Å². The van der Waals surface area contributed by atoms with Crippen molar-refractivity contribution in [1.29, 1.82) is 0 Å². The van der Waals surface area contributed by atoms with Gasteiger partial charge >= 0.3 is 0 Å². The summed E-state index contributed by atoms with van der Waals surface area (Å²) in [7, 11) is -2.48. The third kappa shape index (κ3) is 5.15. The van der Waals surface area contributed by atoms with Crippen LogP contribution in [0.1, 0.15) is 18.1 Å². The molecule has 0 aliphatic heterocycles. The molecule has 2 aromatic carbocycles. The van der Waals surface area contributed by atoms with Crippen LogP contribution in [0.25, 0.3) is 0 Å². The molecule has 2 rings (SSSR count).